The second-order valence-corrected chi connectivity index (χ2v) is 6.57. The molecular formula is C21H27NO4. The molecule has 26 heavy (non-hydrogen) atoms. The normalized spacial score (nSPS) is 12.1. The SMILES string of the molecule is COC(=O)c1ccc(CN(C)C[C@@H](O)COc2c(C)cccc2C)cc1. The summed E-state index contributed by atoms with van der Waals surface area (Å²) >= 11 is 0. The molecule has 0 aliphatic heterocycles. The fourth-order valence-corrected chi connectivity index (χ4v) is 2.86. The van der Waals surface area contributed by atoms with E-state index in [0.717, 1.165) is 22.4 Å². The molecule has 0 aliphatic carbocycles. The standard InChI is InChI=1S/C21H27NO4/c1-15-6-5-7-16(2)20(15)26-14-19(23)13-22(3)12-17-8-10-18(11-9-17)21(24)25-4/h5-11,19,23H,12-14H2,1-4H3/t19-/m1/s1. The summed E-state index contributed by atoms with van der Waals surface area (Å²) in [5.74, 6) is 0.497. The number of rotatable bonds is 8. The molecule has 0 heterocycles. The van der Waals surface area contributed by atoms with Gasteiger partial charge in [0, 0.05) is 13.1 Å². The van der Waals surface area contributed by atoms with E-state index in [0.29, 0.717) is 18.7 Å². The Hall–Kier alpha value is -2.37. The summed E-state index contributed by atoms with van der Waals surface area (Å²) in [6, 6.07) is 13.3. The number of benzene rings is 2. The highest BCUT2D eigenvalue weighted by atomic mass is 16.5. The Kier molecular flexibility index (Phi) is 7.18. The molecule has 140 valence electrons. The van der Waals surface area contributed by atoms with E-state index in [-0.39, 0.29) is 12.6 Å². The van der Waals surface area contributed by atoms with Crippen LogP contribution in [-0.2, 0) is 11.3 Å². The van der Waals surface area contributed by atoms with E-state index in [4.69, 9.17) is 9.47 Å². The highest BCUT2D eigenvalue weighted by Crippen LogP contribution is 2.22. The Morgan fingerprint density at radius 3 is 2.31 bits per heavy atom. The Morgan fingerprint density at radius 1 is 1.12 bits per heavy atom. The van der Waals surface area contributed by atoms with Gasteiger partial charge in [0.2, 0.25) is 0 Å². The van der Waals surface area contributed by atoms with Gasteiger partial charge in [-0.2, -0.15) is 0 Å². The second-order valence-electron chi connectivity index (χ2n) is 6.57. The molecule has 0 bridgehead atoms. The third-order valence-corrected chi connectivity index (χ3v) is 4.18. The number of para-hydroxylation sites is 1. The highest BCUT2D eigenvalue weighted by Gasteiger charge is 2.12. The van der Waals surface area contributed by atoms with E-state index in [1.54, 1.807) is 12.1 Å². The number of nitrogens with zero attached hydrogens (tertiary/aromatic N) is 1. The van der Waals surface area contributed by atoms with E-state index >= 15 is 0 Å². The molecule has 5 nitrogen and oxygen atoms in total. The summed E-state index contributed by atoms with van der Waals surface area (Å²) < 4.78 is 10.5. The summed E-state index contributed by atoms with van der Waals surface area (Å²) in [5, 5.41) is 10.3. The molecule has 2 aromatic rings. The molecule has 0 unspecified atom stereocenters. The molecule has 0 aromatic heterocycles. The first-order valence-corrected chi connectivity index (χ1v) is 8.63. The molecule has 0 aliphatic rings. The van der Waals surface area contributed by atoms with Gasteiger partial charge in [-0.3, -0.25) is 4.90 Å². The van der Waals surface area contributed by atoms with Gasteiger partial charge in [-0.05, 0) is 49.7 Å². The monoisotopic (exact) mass is 357 g/mol. The second kappa shape index (κ2) is 9.36. The van der Waals surface area contributed by atoms with Crippen molar-refractivity contribution >= 4 is 5.97 Å². The van der Waals surface area contributed by atoms with Crippen LogP contribution < -0.4 is 4.74 Å². The molecule has 5 heteroatoms. The quantitative estimate of drug-likeness (QED) is 0.736. The van der Waals surface area contributed by atoms with Crippen LogP contribution in [0.3, 0.4) is 0 Å². The first kappa shape index (κ1) is 19.9. The maximum atomic E-state index is 11.4. The van der Waals surface area contributed by atoms with Gasteiger partial charge in [0.15, 0.2) is 0 Å². The average molecular weight is 357 g/mol. The van der Waals surface area contributed by atoms with Crippen LogP contribution in [0.2, 0.25) is 0 Å². The fourth-order valence-electron chi connectivity index (χ4n) is 2.86. The largest absolute Gasteiger partial charge is 0.490 e. The number of methoxy groups -OCH3 is 1. The van der Waals surface area contributed by atoms with E-state index in [9.17, 15) is 9.90 Å². The average Bonchev–Trinajstić information content (AvgIpc) is 2.61. The summed E-state index contributed by atoms with van der Waals surface area (Å²) in [5.41, 5.74) is 3.72. The van der Waals surface area contributed by atoms with Crippen LogP contribution in [0.5, 0.6) is 5.75 Å². The van der Waals surface area contributed by atoms with Crippen LogP contribution in [0.4, 0.5) is 0 Å². The zero-order valence-corrected chi connectivity index (χ0v) is 15.9. The highest BCUT2D eigenvalue weighted by molar-refractivity contribution is 5.89. The number of aliphatic hydroxyl groups is 1. The smallest absolute Gasteiger partial charge is 0.337 e. The van der Waals surface area contributed by atoms with Gasteiger partial charge in [0.25, 0.3) is 0 Å². The third kappa shape index (κ3) is 5.58. The predicted molar refractivity (Wildman–Crippen MR) is 102 cm³/mol. The lowest BCUT2D eigenvalue weighted by Crippen LogP contribution is -2.33. The van der Waals surface area contributed by atoms with Crippen molar-refractivity contribution in [3.8, 4) is 5.75 Å². The molecule has 1 N–H and O–H groups in total. The summed E-state index contributed by atoms with van der Waals surface area (Å²) in [4.78, 5) is 13.5. The van der Waals surface area contributed by atoms with Crippen molar-refractivity contribution in [1.82, 2.24) is 4.90 Å². The Labute approximate surface area is 155 Å². The van der Waals surface area contributed by atoms with Gasteiger partial charge in [0.1, 0.15) is 18.5 Å². The van der Waals surface area contributed by atoms with Gasteiger partial charge in [-0.15, -0.1) is 0 Å². The van der Waals surface area contributed by atoms with Gasteiger partial charge in [-0.1, -0.05) is 30.3 Å². The molecule has 0 fully saturated rings. The summed E-state index contributed by atoms with van der Waals surface area (Å²) in [6.45, 7) is 5.40. The molecule has 2 rings (SSSR count). The minimum atomic E-state index is -0.589. The van der Waals surface area contributed by atoms with Crippen LogP contribution >= 0.6 is 0 Å². The number of carbonyl (C=O) groups excluding carboxylic acids is 1. The van der Waals surface area contributed by atoms with Gasteiger partial charge in [0.05, 0.1) is 12.7 Å². The lowest BCUT2D eigenvalue weighted by Gasteiger charge is -2.21. The zero-order valence-electron chi connectivity index (χ0n) is 15.9. The van der Waals surface area contributed by atoms with E-state index in [1.165, 1.54) is 7.11 Å². The molecule has 2 aromatic carbocycles. The maximum Gasteiger partial charge on any atom is 0.337 e. The molecule has 0 spiro atoms. The number of hydrogen-bond donors (Lipinski definition) is 1. The van der Waals surface area contributed by atoms with Gasteiger partial charge >= 0.3 is 5.97 Å². The number of aryl methyl sites for hydroxylation is 2. The molecular weight excluding hydrogens is 330 g/mol. The Morgan fingerprint density at radius 2 is 1.73 bits per heavy atom. The van der Waals surface area contributed by atoms with E-state index < -0.39 is 6.10 Å². The predicted octanol–water partition coefficient (Wildman–Crippen LogP) is 2.96. The number of likely N-dealkylation sites (N-methyl/N-ethyl adjacent to an activating group) is 1. The first-order valence-electron chi connectivity index (χ1n) is 8.63. The lowest BCUT2D eigenvalue weighted by atomic mass is 10.1. The van der Waals surface area contributed by atoms with Crippen molar-refractivity contribution in [2.75, 3.05) is 27.3 Å². The van der Waals surface area contributed by atoms with Crippen molar-refractivity contribution in [2.24, 2.45) is 0 Å². The first-order chi connectivity index (χ1) is 12.4. The fraction of sp³-hybridized carbons (Fsp3) is 0.381. The minimum Gasteiger partial charge on any atom is -0.490 e. The molecule has 0 saturated carbocycles. The lowest BCUT2D eigenvalue weighted by molar-refractivity contribution is 0.0600. The Bertz CT molecular complexity index is 707. The molecule has 0 amide bonds. The van der Waals surface area contributed by atoms with Crippen LogP contribution in [0.1, 0.15) is 27.0 Å². The van der Waals surface area contributed by atoms with Crippen molar-refractivity contribution < 1.29 is 19.4 Å². The summed E-state index contributed by atoms with van der Waals surface area (Å²) in [6.07, 6.45) is -0.589. The Balaban J connectivity index is 1.83. The molecule has 0 saturated heterocycles. The number of aliphatic hydroxyl groups excluding tert-OH is 1. The van der Waals surface area contributed by atoms with Crippen molar-refractivity contribution in [2.45, 2.75) is 26.5 Å². The topological polar surface area (TPSA) is 59.0 Å². The maximum absolute atomic E-state index is 11.4. The van der Waals surface area contributed by atoms with Crippen molar-refractivity contribution in [3.63, 3.8) is 0 Å². The van der Waals surface area contributed by atoms with Crippen molar-refractivity contribution in [1.29, 1.82) is 0 Å². The third-order valence-electron chi connectivity index (χ3n) is 4.18. The van der Waals surface area contributed by atoms with Crippen LogP contribution in [0, 0.1) is 13.8 Å². The van der Waals surface area contributed by atoms with E-state index in [2.05, 4.69) is 0 Å². The van der Waals surface area contributed by atoms with Gasteiger partial charge in [-0.25, -0.2) is 4.79 Å². The van der Waals surface area contributed by atoms with Gasteiger partial charge < -0.3 is 14.6 Å². The zero-order chi connectivity index (χ0) is 19.1. The number of esters is 1. The number of ether oxygens (including phenoxy) is 2. The molecule has 0 radical (unpaired) electrons. The number of carbonyl (C=O) groups is 1. The minimum absolute atomic E-state index is 0.247. The van der Waals surface area contributed by atoms with Crippen LogP contribution in [0.15, 0.2) is 42.5 Å². The number of hydrogen-bond acceptors (Lipinski definition) is 5. The van der Waals surface area contributed by atoms with Crippen LogP contribution in [-0.4, -0.2) is 49.4 Å². The molecule has 1 atom stereocenters. The summed E-state index contributed by atoms with van der Waals surface area (Å²) in [7, 11) is 3.31. The van der Waals surface area contributed by atoms with Crippen LogP contribution in [0.25, 0.3) is 0 Å². The van der Waals surface area contributed by atoms with Crippen molar-refractivity contribution in [3.05, 3.63) is 64.7 Å². The van der Waals surface area contributed by atoms with E-state index in [1.807, 2.05) is 56.1 Å².